The van der Waals surface area contributed by atoms with Gasteiger partial charge in [0.2, 0.25) is 5.95 Å². The van der Waals surface area contributed by atoms with Crippen LogP contribution in [0.5, 0.6) is 5.75 Å². The van der Waals surface area contributed by atoms with Crippen LogP contribution in [0, 0.1) is 0 Å². The average molecular weight is 443 g/mol. The zero-order chi connectivity index (χ0) is 21.1. The van der Waals surface area contributed by atoms with E-state index in [2.05, 4.69) is 20.0 Å². The summed E-state index contributed by atoms with van der Waals surface area (Å²) in [6.07, 6.45) is 4.57. The van der Waals surface area contributed by atoms with E-state index < -0.39 is 10.0 Å². The van der Waals surface area contributed by atoms with Gasteiger partial charge >= 0.3 is 0 Å². The third-order valence-electron chi connectivity index (χ3n) is 4.19. The van der Waals surface area contributed by atoms with Crippen LogP contribution in [0.15, 0.2) is 71.4 Å². The second-order valence-electron chi connectivity index (χ2n) is 6.30. The molecule has 2 heterocycles. The predicted octanol–water partition coefficient (Wildman–Crippen LogP) is 3.35. The number of hydrogen-bond donors (Lipinski definition) is 2. The number of anilines is 2. The van der Waals surface area contributed by atoms with Crippen LogP contribution in [0.1, 0.15) is 5.56 Å². The van der Waals surface area contributed by atoms with Crippen molar-refractivity contribution < 1.29 is 17.9 Å². The molecule has 0 spiro atoms. The zero-order valence-electron chi connectivity index (χ0n) is 15.4. The minimum absolute atomic E-state index is 0.0109. The van der Waals surface area contributed by atoms with Crippen LogP contribution in [0.25, 0.3) is 6.08 Å². The van der Waals surface area contributed by atoms with Crippen LogP contribution in [-0.4, -0.2) is 30.9 Å². The van der Waals surface area contributed by atoms with E-state index in [1.165, 1.54) is 36.7 Å². The lowest BCUT2D eigenvalue weighted by molar-refractivity contribution is -0.113. The average Bonchev–Trinajstić information content (AvgIpc) is 2.74. The largest absolute Gasteiger partial charge is 0.488 e. The summed E-state index contributed by atoms with van der Waals surface area (Å²) in [4.78, 5) is 20.2. The van der Waals surface area contributed by atoms with Crippen LogP contribution in [0.2, 0.25) is 5.02 Å². The Hall–Kier alpha value is -3.43. The molecule has 152 valence electrons. The van der Waals surface area contributed by atoms with Crippen LogP contribution >= 0.6 is 11.6 Å². The Balaban J connectivity index is 1.47. The van der Waals surface area contributed by atoms with Gasteiger partial charge in [-0.25, -0.2) is 23.1 Å². The van der Waals surface area contributed by atoms with E-state index in [1.54, 1.807) is 30.3 Å². The van der Waals surface area contributed by atoms with Gasteiger partial charge in [0.25, 0.3) is 15.9 Å². The fourth-order valence-corrected chi connectivity index (χ4v) is 3.88. The number of benzene rings is 2. The van der Waals surface area contributed by atoms with Crippen molar-refractivity contribution in [3.63, 3.8) is 0 Å². The number of amides is 1. The molecular weight excluding hydrogens is 428 g/mol. The molecule has 1 amide bonds. The second-order valence-corrected chi connectivity index (χ2v) is 8.42. The summed E-state index contributed by atoms with van der Waals surface area (Å²) in [5.74, 6) is 0.270. The van der Waals surface area contributed by atoms with Gasteiger partial charge in [-0.15, -0.1) is 0 Å². The number of sulfonamides is 1. The number of fused-ring (bicyclic) bond motifs is 1. The molecule has 8 nitrogen and oxygen atoms in total. The lowest BCUT2D eigenvalue weighted by Gasteiger charge is -2.18. The second kappa shape index (κ2) is 8.13. The number of ether oxygens (including phenoxy) is 1. The fraction of sp³-hybridized carbons (Fsp3) is 0.0500. The van der Waals surface area contributed by atoms with Gasteiger partial charge in [-0.05, 0) is 54.6 Å². The number of carbonyl (C=O) groups excluding carboxylic acids is 1. The van der Waals surface area contributed by atoms with Crippen molar-refractivity contribution in [3.8, 4) is 5.75 Å². The Bertz CT molecular complexity index is 1230. The number of carbonyl (C=O) groups is 1. The highest BCUT2D eigenvalue weighted by Gasteiger charge is 2.19. The third kappa shape index (κ3) is 4.42. The minimum Gasteiger partial charge on any atom is -0.488 e. The molecule has 10 heteroatoms. The summed E-state index contributed by atoms with van der Waals surface area (Å²) in [5.41, 5.74) is 1.58. The highest BCUT2D eigenvalue weighted by atomic mass is 35.5. The van der Waals surface area contributed by atoms with E-state index >= 15 is 0 Å². The van der Waals surface area contributed by atoms with Gasteiger partial charge in [-0.3, -0.25) is 4.79 Å². The Morgan fingerprint density at radius 2 is 1.80 bits per heavy atom. The van der Waals surface area contributed by atoms with E-state index in [0.717, 1.165) is 5.56 Å². The number of hydrogen-bond acceptors (Lipinski definition) is 6. The van der Waals surface area contributed by atoms with E-state index in [9.17, 15) is 13.2 Å². The van der Waals surface area contributed by atoms with Crippen LogP contribution in [0.4, 0.5) is 11.6 Å². The topological polar surface area (TPSA) is 110 Å². The van der Waals surface area contributed by atoms with E-state index in [1.807, 2.05) is 0 Å². The van der Waals surface area contributed by atoms with Crippen LogP contribution < -0.4 is 14.8 Å². The molecule has 1 aliphatic heterocycles. The van der Waals surface area contributed by atoms with Crippen molar-refractivity contribution in [2.75, 3.05) is 16.6 Å². The third-order valence-corrected chi connectivity index (χ3v) is 5.77. The molecule has 0 radical (unpaired) electrons. The fourth-order valence-electron chi connectivity index (χ4n) is 2.74. The first-order valence-corrected chi connectivity index (χ1v) is 10.6. The van der Waals surface area contributed by atoms with Gasteiger partial charge in [-0.1, -0.05) is 11.6 Å². The Morgan fingerprint density at radius 3 is 2.53 bits per heavy atom. The lowest BCUT2D eigenvalue weighted by atomic mass is 10.1. The minimum atomic E-state index is -3.85. The van der Waals surface area contributed by atoms with Crippen molar-refractivity contribution in [1.29, 1.82) is 0 Å². The summed E-state index contributed by atoms with van der Waals surface area (Å²) in [6, 6.07) is 12.5. The molecule has 2 aromatic carbocycles. The number of nitrogens with one attached hydrogen (secondary N) is 2. The SMILES string of the molecule is O=C(Nc1ccc(S(=O)(=O)Nc2ncccn2)cc1)C1=Cc2cc(Cl)ccc2OC1. The molecule has 4 rings (SSSR count). The predicted molar refractivity (Wildman–Crippen MR) is 113 cm³/mol. The van der Waals surface area contributed by atoms with E-state index in [-0.39, 0.29) is 23.4 Å². The summed E-state index contributed by atoms with van der Waals surface area (Å²) >= 11 is 5.99. The first-order valence-electron chi connectivity index (χ1n) is 8.75. The maximum Gasteiger partial charge on any atom is 0.264 e. The first-order chi connectivity index (χ1) is 14.4. The molecule has 0 unspecified atom stereocenters. The maximum absolute atomic E-state index is 12.5. The smallest absolute Gasteiger partial charge is 0.264 e. The van der Waals surface area contributed by atoms with Crippen LogP contribution in [-0.2, 0) is 14.8 Å². The van der Waals surface area contributed by atoms with Crippen molar-refractivity contribution in [2.24, 2.45) is 0 Å². The number of rotatable bonds is 5. The first kappa shape index (κ1) is 19.9. The molecule has 0 atom stereocenters. The quantitative estimate of drug-likeness (QED) is 0.627. The highest BCUT2D eigenvalue weighted by Crippen LogP contribution is 2.29. The maximum atomic E-state index is 12.5. The van der Waals surface area contributed by atoms with Crippen molar-refractivity contribution in [3.05, 3.63) is 77.1 Å². The van der Waals surface area contributed by atoms with E-state index in [4.69, 9.17) is 16.3 Å². The van der Waals surface area contributed by atoms with Gasteiger partial charge in [0, 0.05) is 28.7 Å². The normalized spacial score (nSPS) is 12.9. The van der Waals surface area contributed by atoms with Crippen molar-refractivity contribution >= 4 is 45.2 Å². The molecule has 1 aliphatic rings. The van der Waals surface area contributed by atoms with Crippen molar-refractivity contribution in [1.82, 2.24) is 9.97 Å². The van der Waals surface area contributed by atoms with Crippen molar-refractivity contribution in [2.45, 2.75) is 4.90 Å². The number of nitrogens with zero attached hydrogens (tertiary/aromatic N) is 2. The molecule has 0 aliphatic carbocycles. The molecule has 0 bridgehead atoms. The molecule has 0 fully saturated rings. The molecule has 1 aromatic heterocycles. The Kier molecular flexibility index (Phi) is 5.39. The van der Waals surface area contributed by atoms with Gasteiger partial charge in [0.05, 0.1) is 10.5 Å². The summed E-state index contributed by atoms with van der Waals surface area (Å²) in [5, 5.41) is 3.27. The van der Waals surface area contributed by atoms with Gasteiger partial charge in [-0.2, -0.15) is 0 Å². The summed E-state index contributed by atoms with van der Waals surface area (Å²) in [7, 11) is -3.85. The number of aromatic nitrogens is 2. The Morgan fingerprint density at radius 1 is 1.07 bits per heavy atom. The molecular formula is C20H15ClN4O4S. The Labute approximate surface area is 177 Å². The standard InChI is InChI=1S/C20H15ClN4O4S/c21-15-2-7-18-13(11-15)10-14(12-29-18)19(26)24-16-3-5-17(6-4-16)30(27,28)25-20-22-8-1-9-23-20/h1-11H,12H2,(H,24,26)(H,22,23,25). The molecule has 2 N–H and O–H groups in total. The summed E-state index contributed by atoms with van der Waals surface area (Å²) in [6.45, 7) is 0.119. The van der Waals surface area contributed by atoms with Crippen LogP contribution in [0.3, 0.4) is 0 Å². The molecule has 3 aromatic rings. The molecule has 30 heavy (non-hydrogen) atoms. The summed E-state index contributed by atoms with van der Waals surface area (Å²) < 4.78 is 32.7. The van der Waals surface area contributed by atoms with Gasteiger partial charge in [0.1, 0.15) is 12.4 Å². The van der Waals surface area contributed by atoms with E-state index in [0.29, 0.717) is 22.0 Å². The lowest BCUT2D eigenvalue weighted by Crippen LogP contribution is -2.21. The molecule has 0 saturated carbocycles. The van der Waals surface area contributed by atoms with Gasteiger partial charge in [0.15, 0.2) is 0 Å². The van der Waals surface area contributed by atoms with Gasteiger partial charge < -0.3 is 10.1 Å². The molecule has 0 saturated heterocycles. The number of halogens is 1. The monoisotopic (exact) mass is 442 g/mol. The zero-order valence-corrected chi connectivity index (χ0v) is 16.9. The highest BCUT2D eigenvalue weighted by molar-refractivity contribution is 7.92.